The van der Waals surface area contributed by atoms with Crippen LogP contribution in [0.2, 0.25) is 0 Å². The number of esters is 1. The highest BCUT2D eigenvalue weighted by molar-refractivity contribution is 6.01. The lowest BCUT2D eigenvalue weighted by molar-refractivity contribution is -0.384. The molecular formula is C17H16N2O5. The fraction of sp³-hybridized carbons (Fsp3) is 0.176. The van der Waals surface area contributed by atoms with Crippen molar-refractivity contribution in [2.45, 2.75) is 13.3 Å². The highest BCUT2D eigenvalue weighted by atomic mass is 16.6. The van der Waals surface area contributed by atoms with Crippen LogP contribution in [0.1, 0.15) is 33.2 Å². The Labute approximate surface area is 138 Å². The van der Waals surface area contributed by atoms with Gasteiger partial charge in [0.05, 0.1) is 10.5 Å². The van der Waals surface area contributed by atoms with Gasteiger partial charge in [0.1, 0.15) is 0 Å². The van der Waals surface area contributed by atoms with Crippen molar-refractivity contribution in [3.05, 3.63) is 69.3 Å². The molecule has 0 aliphatic carbocycles. The Balaban J connectivity index is 2.05. The summed E-state index contributed by atoms with van der Waals surface area (Å²) in [5.74, 6) is -1.25. The van der Waals surface area contributed by atoms with Crippen LogP contribution in [0.3, 0.4) is 0 Å². The number of carbonyl (C=O) groups excluding carboxylic acids is 2. The minimum absolute atomic E-state index is 0.0466. The molecule has 2 aromatic carbocycles. The van der Waals surface area contributed by atoms with Crippen LogP contribution in [0.15, 0.2) is 42.5 Å². The van der Waals surface area contributed by atoms with E-state index in [9.17, 15) is 19.7 Å². The lowest BCUT2D eigenvalue weighted by Crippen LogP contribution is -2.15. The average molecular weight is 328 g/mol. The molecule has 7 nitrogen and oxygen atoms in total. The Morgan fingerprint density at radius 3 is 2.42 bits per heavy atom. The number of rotatable bonds is 6. The zero-order valence-electron chi connectivity index (χ0n) is 13.0. The van der Waals surface area contributed by atoms with Crippen LogP contribution in [0.5, 0.6) is 0 Å². The number of nitro benzene ring substituents is 1. The minimum Gasteiger partial charge on any atom is -0.454 e. The molecule has 2 rings (SSSR count). The Morgan fingerprint density at radius 2 is 1.83 bits per heavy atom. The number of anilines is 1. The largest absolute Gasteiger partial charge is 0.454 e. The van der Waals surface area contributed by atoms with Crippen molar-refractivity contribution in [1.82, 2.24) is 0 Å². The number of ether oxygens (including phenoxy) is 1. The summed E-state index contributed by atoms with van der Waals surface area (Å²) in [6.45, 7) is 1.54. The summed E-state index contributed by atoms with van der Waals surface area (Å²) < 4.78 is 4.93. The zero-order chi connectivity index (χ0) is 17.7. The Bertz CT molecular complexity index is 784. The summed E-state index contributed by atoms with van der Waals surface area (Å²) in [5.41, 5.74) is 6.77. The fourth-order valence-electron chi connectivity index (χ4n) is 2.05. The Kier molecular flexibility index (Phi) is 5.26. The van der Waals surface area contributed by atoms with E-state index in [1.807, 2.05) is 19.1 Å². The molecule has 0 heterocycles. The molecule has 7 heteroatoms. The van der Waals surface area contributed by atoms with Crippen LogP contribution in [-0.2, 0) is 11.2 Å². The Hall–Kier alpha value is -3.22. The van der Waals surface area contributed by atoms with Crippen LogP contribution in [0.25, 0.3) is 0 Å². The van der Waals surface area contributed by atoms with Crippen LogP contribution in [0, 0.1) is 10.1 Å². The molecule has 0 saturated carbocycles. The van der Waals surface area contributed by atoms with E-state index in [1.165, 1.54) is 12.1 Å². The molecule has 0 amide bonds. The maximum atomic E-state index is 12.0. The van der Waals surface area contributed by atoms with Crippen molar-refractivity contribution in [3.63, 3.8) is 0 Å². The second-order valence-corrected chi connectivity index (χ2v) is 5.08. The second kappa shape index (κ2) is 7.36. The molecule has 0 radical (unpaired) electrons. The summed E-state index contributed by atoms with van der Waals surface area (Å²) in [6, 6.07) is 10.4. The summed E-state index contributed by atoms with van der Waals surface area (Å²) in [5, 5.41) is 10.7. The van der Waals surface area contributed by atoms with Crippen molar-refractivity contribution in [1.29, 1.82) is 0 Å². The van der Waals surface area contributed by atoms with Gasteiger partial charge in [0.25, 0.3) is 5.69 Å². The summed E-state index contributed by atoms with van der Waals surface area (Å²) in [6.07, 6.45) is 0.857. The van der Waals surface area contributed by atoms with Gasteiger partial charge < -0.3 is 10.5 Å². The van der Waals surface area contributed by atoms with E-state index < -0.39 is 17.5 Å². The molecule has 0 unspecified atom stereocenters. The van der Waals surface area contributed by atoms with Crippen molar-refractivity contribution in [2.75, 3.05) is 12.3 Å². The molecule has 0 saturated heterocycles. The first kappa shape index (κ1) is 17.1. The van der Waals surface area contributed by atoms with Gasteiger partial charge in [-0.25, -0.2) is 4.79 Å². The molecule has 0 fully saturated rings. The summed E-state index contributed by atoms with van der Waals surface area (Å²) in [7, 11) is 0. The normalized spacial score (nSPS) is 10.2. The van der Waals surface area contributed by atoms with Crippen molar-refractivity contribution < 1.29 is 19.2 Å². The van der Waals surface area contributed by atoms with Gasteiger partial charge in [-0.3, -0.25) is 14.9 Å². The number of aryl methyl sites for hydroxylation is 1. The predicted molar refractivity (Wildman–Crippen MR) is 87.9 cm³/mol. The first-order valence-corrected chi connectivity index (χ1v) is 7.25. The van der Waals surface area contributed by atoms with Crippen molar-refractivity contribution in [2.24, 2.45) is 0 Å². The lowest BCUT2D eigenvalue weighted by Gasteiger charge is -2.07. The van der Waals surface area contributed by atoms with Gasteiger partial charge in [-0.1, -0.05) is 31.2 Å². The summed E-state index contributed by atoms with van der Waals surface area (Å²) in [4.78, 5) is 34.1. The monoisotopic (exact) mass is 328 g/mol. The Morgan fingerprint density at radius 1 is 1.17 bits per heavy atom. The highest BCUT2D eigenvalue weighted by Crippen LogP contribution is 2.20. The molecule has 0 bridgehead atoms. The van der Waals surface area contributed by atoms with E-state index >= 15 is 0 Å². The number of nitrogens with two attached hydrogens (primary N) is 1. The van der Waals surface area contributed by atoms with Crippen LogP contribution >= 0.6 is 0 Å². The molecule has 124 valence electrons. The number of hydrogen-bond donors (Lipinski definition) is 1. The van der Waals surface area contributed by atoms with Gasteiger partial charge in [-0.2, -0.15) is 0 Å². The van der Waals surface area contributed by atoms with Gasteiger partial charge in [0, 0.05) is 23.4 Å². The molecule has 2 aromatic rings. The maximum Gasteiger partial charge on any atom is 0.340 e. The topological polar surface area (TPSA) is 113 Å². The number of ketones is 1. The first-order valence-electron chi connectivity index (χ1n) is 7.25. The van der Waals surface area contributed by atoms with E-state index in [4.69, 9.17) is 10.5 Å². The van der Waals surface area contributed by atoms with E-state index in [2.05, 4.69) is 0 Å². The average Bonchev–Trinajstić information content (AvgIpc) is 2.59. The van der Waals surface area contributed by atoms with Gasteiger partial charge >= 0.3 is 5.97 Å². The van der Waals surface area contributed by atoms with Gasteiger partial charge in [-0.05, 0) is 18.1 Å². The van der Waals surface area contributed by atoms with E-state index in [0.717, 1.165) is 18.1 Å². The second-order valence-electron chi connectivity index (χ2n) is 5.08. The zero-order valence-corrected chi connectivity index (χ0v) is 13.0. The molecule has 0 aromatic heterocycles. The molecule has 0 aliphatic rings. The predicted octanol–water partition coefficient (Wildman–Crippen LogP) is 2.78. The van der Waals surface area contributed by atoms with Crippen LogP contribution < -0.4 is 5.73 Å². The van der Waals surface area contributed by atoms with Gasteiger partial charge in [0.15, 0.2) is 12.4 Å². The quantitative estimate of drug-likeness (QED) is 0.287. The number of nitrogen functional groups attached to an aromatic ring is 1. The van der Waals surface area contributed by atoms with E-state index in [-0.39, 0.29) is 22.7 Å². The van der Waals surface area contributed by atoms with E-state index in [0.29, 0.717) is 5.56 Å². The molecular weight excluding hydrogens is 312 g/mol. The molecule has 24 heavy (non-hydrogen) atoms. The van der Waals surface area contributed by atoms with Gasteiger partial charge in [0.2, 0.25) is 0 Å². The molecule has 0 spiro atoms. The third-order valence-corrected chi connectivity index (χ3v) is 3.49. The molecule has 0 atom stereocenters. The standard InChI is InChI=1S/C17H16N2O5/c1-2-11-3-5-12(6-4-11)16(20)10-24-17(21)14-9-13(19(22)23)7-8-15(14)18/h3-9H,2,10,18H2,1H3. The van der Waals surface area contributed by atoms with E-state index in [1.54, 1.807) is 12.1 Å². The highest BCUT2D eigenvalue weighted by Gasteiger charge is 2.18. The number of hydrogen-bond acceptors (Lipinski definition) is 6. The number of nitrogens with zero attached hydrogens (tertiary/aromatic N) is 1. The maximum absolute atomic E-state index is 12.0. The van der Waals surface area contributed by atoms with Crippen LogP contribution in [-0.4, -0.2) is 23.3 Å². The number of non-ortho nitro benzene ring substituents is 1. The van der Waals surface area contributed by atoms with Crippen LogP contribution in [0.4, 0.5) is 11.4 Å². The first-order chi connectivity index (χ1) is 11.4. The number of nitro groups is 1. The minimum atomic E-state index is -0.880. The third kappa shape index (κ3) is 3.95. The molecule has 2 N–H and O–H groups in total. The smallest absolute Gasteiger partial charge is 0.340 e. The van der Waals surface area contributed by atoms with Gasteiger partial charge in [-0.15, -0.1) is 0 Å². The number of carbonyl (C=O) groups is 2. The number of benzene rings is 2. The lowest BCUT2D eigenvalue weighted by atomic mass is 10.1. The fourth-order valence-corrected chi connectivity index (χ4v) is 2.05. The van der Waals surface area contributed by atoms with Crippen molar-refractivity contribution >= 4 is 23.1 Å². The van der Waals surface area contributed by atoms with Crippen molar-refractivity contribution in [3.8, 4) is 0 Å². The molecule has 0 aliphatic heterocycles. The number of Topliss-reactive ketones (excluding diaryl/α,β-unsaturated/α-hetero) is 1. The SMILES string of the molecule is CCc1ccc(C(=O)COC(=O)c2cc([N+](=O)[O-])ccc2N)cc1. The third-order valence-electron chi connectivity index (χ3n) is 3.49. The summed E-state index contributed by atoms with van der Waals surface area (Å²) >= 11 is 0.